The van der Waals surface area contributed by atoms with Crippen LogP contribution in [-0.4, -0.2) is 15.9 Å². The number of aromatic nitrogens is 2. The van der Waals surface area contributed by atoms with Gasteiger partial charge in [0, 0.05) is 28.7 Å². The first kappa shape index (κ1) is 16.3. The molecule has 0 saturated carbocycles. The summed E-state index contributed by atoms with van der Waals surface area (Å²) >= 11 is 0. The Hall–Kier alpha value is -3.15. The van der Waals surface area contributed by atoms with E-state index < -0.39 is 0 Å². The van der Waals surface area contributed by atoms with Gasteiger partial charge in [-0.3, -0.25) is 4.79 Å². The molecule has 0 aliphatic rings. The molecular weight excluding hydrogens is 333 g/mol. The lowest BCUT2D eigenvalue weighted by molar-refractivity contribution is -0.115. The van der Waals surface area contributed by atoms with E-state index in [1.165, 1.54) is 12.1 Å². The second-order valence-corrected chi connectivity index (χ2v) is 6.62. The van der Waals surface area contributed by atoms with Crippen LogP contribution in [0.2, 0.25) is 0 Å². The number of oxazole rings is 1. The number of hydrogen-bond acceptors (Lipinski definition) is 3. The summed E-state index contributed by atoms with van der Waals surface area (Å²) in [6, 6.07) is 9.88. The molecule has 1 amide bonds. The van der Waals surface area contributed by atoms with Crippen LogP contribution in [0.25, 0.3) is 22.0 Å². The predicted molar refractivity (Wildman–Crippen MR) is 98.7 cm³/mol. The van der Waals surface area contributed by atoms with Gasteiger partial charge in [0.1, 0.15) is 11.3 Å². The van der Waals surface area contributed by atoms with Gasteiger partial charge in [-0.1, -0.05) is 13.8 Å². The van der Waals surface area contributed by atoms with Gasteiger partial charge in [0.05, 0.1) is 6.42 Å². The van der Waals surface area contributed by atoms with E-state index in [-0.39, 0.29) is 24.1 Å². The third-order valence-electron chi connectivity index (χ3n) is 4.26. The second kappa shape index (κ2) is 6.29. The molecular formula is C20H18FN3O2. The first-order chi connectivity index (χ1) is 12.5. The number of rotatable bonds is 4. The summed E-state index contributed by atoms with van der Waals surface area (Å²) in [6.45, 7) is 4.03. The Morgan fingerprint density at radius 3 is 2.92 bits per heavy atom. The maximum Gasteiger partial charge on any atom is 0.228 e. The summed E-state index contributed by atoms with van der Waals surface area (Å²) < 4.78 is 18.9. The van der Waals surface area contributed by atoms with Crippen molar-refractivity contribution in [1.29, 1.82) is 0 Å². The smallest absolute Gasteiger partial charge is 0.228 e. The third-order valence-corrected chi connectivity index (χ3v) is 4.26. The Morgan fingerprint density at radius 2 is 2.12 bits per heavy atom. The highest BCUT2D eigenvalue weighted by Gasteiger charge is 2.12. The van der Waals surface area contributed by atoms with Gasteiger partial charge in [-0.05, 0) is 42.0 Å². The maximum absolute atomic E-state index is 13.3. The Morgan fingerprint density at radius 1 is 1.27 bits per heavy atom. The van der Waals surface area contributed by atoms with Gasteiger partial charge in [0.15, 0.2) is 11.5 Å². The molecule has 6 heteroatoms. The molecule has 0 radical (unpaired) electrons. The normalized spacial score (nSPS) is 11.5. The van der Waals surface area contributed by atoms with Crippen molar-refractivity contribution >= 4 is 33.6 Å². The monoisotopic (exact) mass is 351 g/mol. The highest BCUT2D eigenvalue weighted by molar-refractivity contribution is 5.96. The van der Waals surface area contributed by atoms with Gasteiger partial charge in [-0.25, -0.2) is 9.37 Å². The van der Waals surface area contributed by atoms with Gasteiger partial charge < -0.3 is 14.7 Å². The highest BCUT2D eigenvalue weighted by Crippen LogP contribution is 2.24. The van der Waals surface area contributed by atoms with E-state index in [0.29, 0.717) is 28.2 Å². The van der Waals surface area contributed by atoms with Crippen molar-refractivity contribution in [2.45, 2.75) is 26.2 Å². The molecule has 2 aromatic carbocycles. The standard InChI is InChI=1S/C20H18FN3O2/c1-11(2)20-24-17-9-14(4-6-18(17)26-20)23-19(25)7-12-10-22-16-8-13(21)3-5-15(12)16/h3-6,8-11,22H,7H2,1-2H3,(H,23,25). The van der Waals surface area contributed by atoms with Crippen LogP contribution >= 0.6 is 0 Å². The van der Waals surface area contributed by atoms with Crippen LogP contribution in [0.1, 0.15) is 31.2 Å². The average Bonchev–Trinajstić information content (AvgIpc) is 3.18. The van der Waals surface area contributed by atoms with Crippen molar-refractivity contribution in [3.63, 3.8) is 0 Å². The minimum atomic E-state index is -0.308. The molecule has 0 bridgehead atoms. The lowest BCUT2D eigenvalue weighted by Crippen LogP contribution is -2.14. The van der Waals surface area contributed by atoms with E-state index in [1.54, 1.807) is 30.5 Å². The van der Waals surface area contributed by atoms with E-state index in [9.17, 15) is 9.18 Å². The number of carbonyl (C=O) groups is 1. The molecule has 0 fully saturated rings. The molecule has 0 aliphatic heterocycles. The fourth-order valence-electron chi connectivity index (χ4n) is 2.95. The van der Waals surface area contributed by atoms with Gasteiger partial charge in [-0.2, -0.15) is 0 Å². The third kappa shape index (κ3) is 3.06. The fourth-order valence-corrected chi connectivity index (χ4v) is 2.95. The number of hydrogen-bond donors (Lipinski definition) is 2. The van der Waals surface area contributed by atoms with E-state index in [0.717, 1.165) is 10.9 Å². The lowest BCUT2D eigenvalue weighted by atomic mass is 10.1. The topological polar surface area (TPSA) is 70.9 Å². The van der Waals surface area contributed by atoms with Crippen LogP contribution in [0, 0.1) is 5.82 Å². The zero-order valence-corrected chi connectivity index (χ0v) is 14.5. The van der Waals surface area contributed by atoms with Crippen molar-refractivity contribution in [2.24, 2.45) is 0 Å². The largest absolute Gasteiger partial charge is 0.440 e. The molecule has 0 aliphatic carbocycles. The molecule has 2 heterocycles. The van der Waals surface area contributed by atoms with Crippen LogP contribution in [-0.2, 0) is 11.2 Å². The molecule has 5 nitrogen and oxygen atoms in total. The Kier molecular flexibility index (Phi) is 3.95. The molecule has 132 valence electrons. The zero-order valence-electron chi connectivity index (χ0n) is 14.5. The molecule has 4 aromatic rings. The van der Waals surface area contributed by atoms with E-state index in [4.69, 9.17) is 4.42 Å². The number of amides is 1. The summed E-state index contributed by atoms with van der Waals surface area (Å²) in [5, 5.41) is 3.72. The number of fused-ring (bicyclic) bond motifs is 2. The maximum atomic E-state index is 13.3. The number of aromatic amines is 1. The number of anilines is 1. The number of halogens is 1. The quantitative estimate of drug-likeness (QED) is 0.557. The van der Waals surface area contributed by atoms with Crippen LogP contribution in [0.4, 0.5) is 10.1 Å². The minimum Gasteiger partial charge on any atom is -0.440 e. The van der Waals surface area contributed by atoms with Crippen molar-refractivity contribution < 1.29 is 13.6 Å². The molecule has 4 rings (SSSR count). The molecule has 0 spiro atoms. The van der Waals surface area contributed by atoms with Crippen LogP contribution in [0.15, 0.2) is 47.0 Å². The number of carbonyl (C=O) groups excluding carboxylic acids is 1. The van der Waals surface area contributed by atoms with Gasteiger partial charge in [0.2, 0.25) is 5.91 Å². The van der Waals surface area contributed by atoms with Crippen molar-refractivity contribution in [3.8, 4) is 0 Å². The SMILES string of the molecule is CC(C)c1nc2cc(NC(=O)Cc3c[nH]c4cc(F)ccc34)ccc2o1. The molecule has 0 atom stereocenters. The first-order valence-corrected chi connectivity index (χ1v) is 8.45. The predicted octanol–water partition coefficient (Wildman–Crippen LogP) is 4.75. The van der Waals surface area contributed by atoms with Crippen molar-refractivity contribution in [1.82, 2.24) is 9.97 Å². The summed E-state index contributed by atoms with van der Waals surface area (Å²) in [5.41, 5.74) is 3.58. The number of nitrogens with one attached hydrogen (secondary N) is 2. The van der Waals surface area contributed by atoms with Gasteiger partial charge in [-0.15, -0.1) is 0 Å². The summed E-state index contributed by atoms with van der Waals surface area (Å²) in [7, 11) is 0. The zero-order chi connectivity index (χ0) is 18.3. The summed E-state index contributed by atoms with van der Waals surface area (Å²) in [6.07, 6.45) is 1.93. The average molecular weight is 351 g/mol. The van der Waals surface area contributed by atoms with Gasteiger partial charge >= 0.3 is 0 Å². The van der Waals surface area contributed by atoms with Crippen molar-refractivity contribution in [3.05, 3.63) is 59.9 Å². The molecule has 2 aromatic heterocycles. The lowest BCUT2D eigenvalue weighted by Gasteiger charge is -2.04. The first-order valence-electron chi connectivity index (χ1n) is 8.45. The number of benzene rings is 2. The second-order valence-electron chi connectivity index (χ2n) is 6.62. The van der Waals surface area contributed by atoms with Gasteiger partial charge in [0.25, 0.3) is 0 Å². The highest BCUT2D eigenvalue weighted by atomic mass is 19.1. The summed E-state index contributed by atoms with van der Waals surface area (Å²) in [5.74, 6) is 0.417. The Balaban J connectivity index is 1.53. The number of nitrogens with zero attached hydrogens (tertiary/aromatic N) is 1. The minimum absolute atomic E-state index is 0.151. The fraction of sp³-hybridized carbons (Fsp3) is 0.200. The van der Waals surface area contributed by atoms with E-state index in [1.807, 2.05) is 13.8 Å². The van der Waals surface area contributed by atoms with E-state index in [2.05, 4.69) is 15.3 Å². The number of H-pyrrole nitrogens is 1. The molecule has 0 unspecified atom stereocenters. The Labute approximate surface area is 149 Å². The van der Waals surface area contributed by atoms with E-state index >= 15 is 0 Å². The molecule has 26 heavy (non-hydrogen) atoms. The van der Waals surface area contributed by atoms with Crippen LogP contribution < -0.4 is 5.32 Å². The van der Waals surface area contributed by atoms with Crippen LogP contribution in [0.5, 0.6) is 0 Å². The summed E-state index contributed by atoms with van der Waals surface area (Å²) in [4.78, 5) is 19.8. The molecule has 2 N–H and O–H groups in total. The van der Waals surface area contributed by atoms with Crippen molar-refractivity contribution in [2.75, 3.05) is 5.32 Å². The Bertz CT molecular complexity index is 1110. The molecule has 0 saturated heterocycles. The van der Waals surface area contributed by atoms with Crippen LogP contribution in [0.3, 0.4) is 0 Å².